The molecule has 0 unspecified atom stereocenters. The topological polar surface area (TPSA) is 69.0 Å². The second-order valence-corrected chi connectivity index (χ2v) is 7.81. The molecule has 0 aliphatic rings. The summed E-state index contributed by atoms with van der Waals surface area (Å²) in [7, 11) is 0. The van der Waals surface area contributed by atoms with Crippen LogP contribution < -0.4 is 10.1 Å². The van der Waals surface area contributed by atoms with Gasteiger partial charge < -0.3 is 14.6 Å². The summed E-state index contributed by atoms with van der Waals surface area (Å²) >= 11 is 1.38. The molecule has 3 rings (SSSR count). The summed E-state index contributed by atoms with van der Waals surface area (Å²) < 4.78 is 7.80. The summed E-state index contributed by atoms with van der Waals surface area (Å²) in [4.78, 5) is 12.5. The lowest BCUT2D eigenvalue weighted by Crippen LogP contribution is -2.16. The molecule has 0 spiro atoms. The first-order valence-corrected chi connectivity index (χ1v) is 10.7. The predicted molar refractivity (Wildman–Crippen MR) is 117 cm³/mol. The average Bonchev–Trinajstić information content (AvgIpc) is 3.10. The maximum Gasteiger partial charge on any atom is 0.234 e. The molecule has 3 aromatic rings. The zero-order chi connectivity index (χ0) is 20.8. The van der Waals surface area contributed by atoms with E-state index in [-0.39, 0.29) is 17.8 Å². The monoisotopic (exact) mass is 410 g/mol. The minimum Gasteiger partial charge on any atom is -0.489 e. The van der Waals surface area contributed by atoms with Crippen molar-refractivity contribution in [2.75, 3.05) is 11.1 Å². The highest BCUT2D eigenvalue weighted by Gasteiger charge is 2.16. The normalized spacial score (nSPS) is 10.9. The number of ether oxygens (including phenoxy) is 1. The van der Waals surface area contributed by atoms with Gasteiger partial charge in [-0.3, -0.25) is 4.79 Å². The summed E-state index contributed by atoms with van der Waals surface area (Å²) in [6.45, 7) is 8.75. The molecule has 1 aromatic heterocycles. The molecule has 2 aromatic carbocycles. The first-order chi connectivity index (χ1) is 14.0. The molecule has 1 heterocycles. The van der Waals surface area contributed by atoms with Crippen LogP contribution in [0.5, 0.6) is 5.75 Å². The van der Waals surface area contributed by atoms with Crippen molar-refractivity contribution in [1.29, 1.82) is 0 Å². The number of amides is 1. The maximum absolute atomic E-state index is 12.5. The van der Waals surface area contributed by atoms with E-state index < -0.39 is 0 Å². The minimum absolute atomic E-state index is 0.0328. The van der Waals surface area contributed by atoms with Crippen LogP contribution in [0.3, 0.4) is 0 Å². The van der Waals surface area contributed by atoms with E-state index in [1.807, 2.05) is 60.9 Å². The number of thioether (sulfide) groups is 1. The lowest BCUT2D eigenvalue weighted by atomic mass is 10.1. The molecule has 0 radical (unpaired) electrons. The number of para-hydroxylation sites is 2. The highest BCUT2D eigenvalue weighted by molar-refractivity contribution is 7.99. The number of nitrogens with one attached hydrogen (secondary N) is 1. The van der Waals surface area contributed by atoms with Crippen LogP contribution in [-0.2, 0) is 11.3 Å². The van der Waals surface area contributed by atoms with Gasteiger partial charge in [-0.1, -0.05) is 48.2 Å². The second-order valence-electron chi connectivity index (χ2n) is 6.86. The van der Waals surface area contributed by atoms with E-state index >= 15 is 0 Å². The Labute approximate surface area is 175 Å². The zero-order valence-electron chi connectivity index (χ0n) is 17.2. The number of nitrogens with zero attached hydrogens (tertiary/aromatic N) is 3. The molecular weight excluding hydrogens is 384 g/mol. The molecule has 1 amide bonds. The van der Waals surface area contributed by atoms with Crippen LogP contribution in [0.2, 0.25) is 0 Å². The summed E-state index contributed by atoms with van der Waals surface area (Å²) in [5.74, 6) is 1.61. The smallest absolute Gasteiger partial charge is 0.234 e. The number of rotatable bonds is 8. The molecule has 1 N–H and O–H groups in total. The van der Waals surface area contributed by atoms with Crippen molar-refractivity contribution < 1.29 is 9.53 Å². The van der Waals surface area contributed by atoms with Gasteiger partial charge in [-0.15, -0.1) is 10.2 Å². The summed E-state index contributed by atoms with van der Waals surface area (Å²) in [6.07, 6.45) is 0.0328. The van der Waals surface area contributed by atoms with Crippen molar-refractivity contribution in [1.82, 2.24) is 14.8 Å². The Hall–Kier alpha value is -2.80. The van der Waals surface area contributed by atoms with E-state index in [2.05, 4.69) is 35.4 Å². The number of carbonyl (C=O) groups is 1. The van der Waals surface area contributed by atoms with E-state index in [0.717, 1.165) is 28.7 Å². The first-order valence-electron chi connectivity index (χ1n) is 9.67. The van der Waals surface area contributed by atoms with Crippen molar-refractivity contribution in [3.8, 4) is 17.1 Å². The predicted octanol–water partition coefficient (Wildman–Crippen LogP) is 4.79. The van der Waals surface area contributed by atoms with Crippen LogP contribution in [-0.4, -0.2) is 32.5 Å². The molecule has 152 valence electrons. The number of anilines is 1. The number of carbonyl (C=O) groups excluding carboxylic acids is 1. The summed E-state index contributed by atoms with van der Waals surface area (Å²) in [5.41, 5.74) is 2.87. The lowest BCUT2D eigenvalue weighted by molar-refractivity contribution is -0.113. The minimum atomic E-state index is -0.113. The van der Waals surface area contributed by atoms with Gasteiger partial charge in [0.25, 0.3) is 0 Å². The fourth-order valence-electron chi connectivity index (χ4n) is 2.95. The fourth-order valence-corrected chi connectivity index (χ4v) is 3.75. The SMILES string of the molecule is CCn1c(SCC(=O)Nc2ccccc2OC(C)C)nnc1-c1ccccc1C. The Morgan fingerprint density at radius 3 is 2.59 bits per heavy atom. The lowest BCUT2D eigenvalue weighted by Gasteiger charge is -2.14. The Morgan fingerprint density at radius 2 is 1.86 bits per heavy atom. The highest BCUT2D eigenvalue weighted by atomic mass is 32.2. The third kappa shape index (κ3) is 5.17. The Kier molecular flexibility index (Phi) is 6.93. The molecule has 0 bridgehead atoms. The van der Waals surface area contributed by atoms with E-state index in [0.29, 0.717) is 11.4 Å². The van der Waals surface area contributed by atoms with E-state index in [4.69, 9.17) is 4.74 Å². The number of hydrogen-bond donors (Lipinski definition) is 1. The van der Waals surface area contributed by atoms with Gasteiger partial charge >= 0.3 is 0 Å². The van der Waals surface area contributed by atoms with Crippen LogP contribution >= 0.6 is 11.8 Å². The molecule has 0 aliphatic heterocycles. The van der Waals surface area contributed by atoms with Crippen molar-refractivity contribution in [3.63, 3.8) is 0 Å². The first kappa shape index (κ1) is 20.9. The number of aromatic nitrogens is 3. The summed E-state index contributed by atoms with van der Waals surface area (Å²) in [6, 6.07) is 15.5. The number of aryl methyl sites for hydroxylation is 1. The van der Waals surface area contributed by atoms with E-state index in [9.17, 15) is 4.79 Å². The molecule has 0 saturated carbocycles. The van der Waals surface area contributed by atoms with Crippen LogP contribution in [0, 0.1) is 6.92 Å². The van der Waals surface area contributed by atoms with E-state index in [1.54, 1.807) is 0 Å². The highest BCUT2D eigenvalue weighted by Crippen LogP contribution is 2.28. The van der Waals surface area contributed by atoms with Gasteiger partial charge in [0.05, 0.1) is 17.5 Å². The molecule has 29 heavy (non-hydrogen) atoms. The van der Waals surface area contributed by atoms with Crippen LogP contribution in [0.1, 0.15) is 26.3 Å². The van der Waals surface area contributed by atoms with Gasteiger partial charge in [-0.05, 0) is 45.4 Å². The van der Waals surface area contributed by atoms with Crippen molar-refractivity contribution in [3.05, 3.63) is 54.1 Å². The molecule has 0 atom stereocenters. The van der Waals surface area contributed by atoms with Gasteiger partial charge in [-0.2, -0.15) is 0 Å². The standard InChI is InChI=1S/C22H26N4O2S/c1-5-26-21(17-11-7-6-10-16(17)4)24-25-22(26)29-14-20(27)23-18-12-8-9-13-19(18)28-15(2)3/h6-13,15H,5,14H2,1-4H3,(H,23,27). The quantitative estimate of drug-likeness (QED) is 0.541. The van der Waals surface area contributed by atoms with Crippen LogP contribution in [0.25, 0.3) is 11.4 Å². The maximum atomic E-state index is 12.5. The van der Waals surface area contributed by atoms with E-state index in [1.165, 1.54) is 11.8 Å². The number of hydrogen-bond acceptors (Lipinski definition) is 5. The zero-order valence-corrected chi connectivity index (χ0v) is 18.0. The number of benzene rings is 2. The molecule has 6 nitrogen and oxygen atoms in total. The van der Waals surface area contributed by atoms with Crippen LogP contribution in [0.15, 0.2) is 53.7 Å². The molecule has 0 aliphatic carbocycles. The van der Waals surface area contributed by atoms with Gasteiger partial charge in [0.2, 0.25) is 5.91 Å². The Morgan fingerprint density at radius 1 is 1.14 bits per heavy atom. The Balaban J connectivity index is 1.70. The molecule has 7 heteroatoms. The van der Waals surface area contributed by atoms with Gasteiger partial charge in [0.15, 0.2) is 11.0 Å². The van der Waals surface area contributed by atoms with Gasteiger partial charge in [-0.25, -0.2) is 0 Å². The van der Waals surface area contributed by atoms with Gasteiger partial charge in [0.1, 0.15) is 5.75 Å². The van der Waals surface area contributed by atoms with Crippen molar-refractivity contribution in [2.24, 2.45) is 0 Å². The molecule has 0 saturated heterocycles. The van der Waals surface area contributed by atoms with Gasteiger partial charge in [0, 0.05) is 12.1 Å². The average molecular weight is 411 g/mol. The molecule has 0 fully saturated rings. The summed E-state index contributed by atoms with van der Waals surface area (Å²) in [5, 5.41) is 12.3. The largest absolute Gasteiger partial charge is 0.489 e. The second kappa shape index (κ2) is 9.60. The molecular formula is C22H26N4O2S. The van der Waals surface area contributed by atoms with Crippen molar-refractivity contribution >= 4 is 23.4 Å². The van der Waals surface area contributed by atoms with Crippen LogP contribution in [0.4, 0.5) is 5.69 Å². The van der Waals surface area contributed by atoms with Crippen molar-refractivity contribution in [2.45, 2.75) is 45.5 Å². The third-order valence-corrected chi connectivity index (χ3v) is 5.24. The Bertz CT molecular complexity index is 984. The fraction of sp³-hybridized carbons (Fsp3) is 0.318. The third-order valence-electron chi connectivity index (χ3n) is 4.28.